The number of piperidine rings is 1. The third kappa shape index (κ3) is 5.04. The minimum Gasteiger partial charge on any atom is -0.382 e. The first kappa shape index (κ1) is 14.5. The van der Waals surface area contributed by atoms with Crippen LogP contribution in [0.15, 0.2) is 0 Å². The summed E-state index contributed by atoms with van der Waals surface area (Å²) < 4.78 is 5.16. The maximum absolute atomic E-state index is 12.0. The molecular formula is C13H26N2O2. The summed E-state index contributed by atoms with van der Waals surface area (Å²) in [5.41, 5.74) is 0. The first-order chi connectivity index (χ1) is 8.17. The molecule has 0 bridgehead atoms. The van der Waals surface area contributed by atoms with Gasteiger partial charge in [-0.2, -0.15) is 0 Å². The number of rotatable bonds is 6. The molecule has 100 valence electrons. The SMILES string of the molecule is CCNC1CCCN(C(=O)CCC(C)OC)C1. The van der Waals surface area contributed by atoms with Gasteiger partial charge in [0, 0.05) is 32.7 Å². The number of methoxy groups -OCH3 is 1. The summed E-state index contributed by atoms with van der Waals surface area (Å²) in [4.78, 5) is 14.0. The number of hydrogen-bond acceptors (Lipinski definition) is 3. The van der Waals surface area contributed by atoms with Crippen LogP contribution in [0.25, 0.3) is 0 Å². The van der Waals surface area contributed by atoms with E-state index in [0.29, 0.717) is 12.5 Å². The van der Waals surface area contributed by atoms with Crippen LogP contribution in [0.5, 0.6) is 0 Å². The molecule has 0 aromatic carbocycles. The Bertz CT molecular complexity index is 231. The van der Waals surface area contributed by atoms with Crippen LogP contribution < -0.4 is 5.32 Å². The maximum atomic E-state index is 12.0. The van der Waals surface area contributed by atoms with Gasteiger partial charge in [0.2, 0.25) is 5.91 Å². The molecule has 1 aliphatic heterocycles. The molecule has 1 saturated heterocycles. The summed E-state index contributed by atoms with van der Waals surface area (Å²) in [6.07, 6.45) is 3.90. The minimum atomic E-state index is 0.174. The van der Waals surface area contributed by atoms with E-state index in [2.05, 4.69) is 12.2 Å². The smallest absolute Gasteiger partial charge is 0.222 e. The zero-order valence-electron chi connectivity index (χ0n) is 11.4. The standard InChI is InChI=1S/C13H26N2O2/c1-4-14-12-6-5-9-15(10-12)13(16)8-7-11(2)17-3/h11-12,14H,4-10H2,1-3H3. The summed E-state index contributed by atoms with van der Waals surface area (Å²) in [6, 6.07) is 0.484. The highest BCUT2D eigenvalue weighted by Gasteiger charge is 2.22. The second-order valence-electron chi connectivity index (χ2n) is 4.82. The highest BCUT2D eigenvalue weighted by atomic mass is 16.5. The average molecular weight is 242 g/mol. The fourth-order valence-corrected chi connectivity index (χ4v) is 2.26. The van der Waals surface area contributed by atoms with Crippen LogP contribution in [-0.4, -0.2) is 49.7 Å². The number of carbonyl (C=O) groups excluding carboxylic acids is 1. The average Bonchev–Trinajstić information content (AvgIpc) is 2.36. The van der Waals surface area contributed by atoms with Crippen LogP contribution in [0.3, 0.4) is 0 Å². The van der Waals surface area contributed by atoms with Crippen molar-refractivity contribution in [3.8, 4) is 0 Å². The molecule has 0 aliphatic carbocycles. The molecule has 4 nitrogen and oxygen atoms in total. The number of carbonyl (C=O) groups is 1. The molecule has 0 aromatic heterocycles. The Morgan fingerprint density at radius 2 is 2.35 bits per heavy atom. The van der Waals surface area contributed by atoms with Gasteiger partial charge in [0.05, 0.1) is 6.10 Å². The maximum Gasteiger partial charge on any atom is 0.222 e. The lowest BCUT2D eigenvalue weighted by atomic mass is 10.0. The Labute approximate surface area is 105 Å². The fourth-order valence-electron chi connectivity index (χ4n) is 2.26. The molecule has 2 atom stereocenters. The van der Waals surface area contributed by atoms with Crippen molar-refractivity contribution in [3.05, 3.63) is 0 Å². The zero-order chi connectivity index (χ0) is 12.7. The Balaban J connectivity index is 2.30. The third-order valence-corrected chi connectivity index (χ3v) is 3.43. The highest BCUT2D eigenvalue weighted by molar-refractivity contribution is 5.76. The van der Waals surface area contributed by atoms with Crippen LogP contribution in [0.4, 0.5) is 0 Å². The molecule has 1 N–H and O–H groups in total. The van der Waals surface area contributed by atoms with E-state index in [9.17, 15) is 4.79 Å². The van der Waals surface area contributed by atoms with Crippen molar-refractivity contribution in [2.75, 3.05) is 26.7 Å². The molecule has 17 heavy (non-hydrogen) atoms. The van der Waals surface area contributed by atoms with Crippen LogP contribution in [0.2, 0.25) is 0 Å². The second kappa shape index (κ2) is 7.67. The molecule has 0 spiro atoms. The number of nitrogens with one attached hydrogen (secondary N) is 1. The Kier molecular flexibility index (Phi) is 6.52. The van der Waals surface area contributed by atoms with E-state index in [1.807, 2.05) is 11.8 Å². The molecule has 0 aromatic rings. The van der Waals surface area contributed by atoms with Gasteiger partial charge in [-0.25, -0.2) is 0 Å². The number of nitrogens with zero attached hydrogens (tertiary/aromatic N) is 1. The first-order valence-corrected chi connectivity index (χ1v) is 6.71. The van der Waals surface area contributed by atoms with Crippen molar-refractivity contribution in [1.29, 1.82) is 0 Å². The van der Waals surface area contributed by atoms with Crippen molar-refractivity contribution in [1.82, 2.24) is 10.2 Å². The minimum absolute atomic E-state index is 0.174. The molecular weight excluding hydrogens is 216 g/mol. The van der Waals surface area contributed by atoms with Crippen molar-refractivity contribution in [2.45, 2.75) is 51.7 Å². The lowest BCUT2D eigenvalue weighted by Gasteiger charge is -2.33. The molecule has 1 rings (SSSR count). The van der Waals surface area contributed by atoms with E-state index in [0.717, 1.165) is 32.5 Å². The number of likely N-dealkylation sites (tertiary alicyclic amines) is 1. The molecule has 2 unspecified atom stereocenters. The summed E-state index contributed by atoms with van der Waals surface area (Å²) in [7, 11) is 1.69. The zero-order valence-corrected chi connectivity index (χ0v) is 11.4. The molecule has 1 heterocycles. The van der Waals surface area contributed by atoms with Crippen LogP contribution in [0, 0.1) is 0 Å². The van der Waals surface area contributed by atoms with Gasteiger partial charge < -0.3 is 15.0 Å². The van der Waals surface area contributed by atoms with Crippen molar-refractivity contribution in [3.63, 3.8) is 0 Å². The number of hydrogen-bond donors (Lipinski definition) is 1. The number of ether oxygens (including phenoxy) is 1. The predicted molar refractivity (Wildman–Crippen MR) is 69.0 cm³/mol. The van der Waals surface area contributed by atoms with E-state index in [-0.39, 0.29) is 12.0 Å². The predicted octanol–water partition coefficient (Wildman–Crippen LogP) is 1.40. The summed E-state index contributed by atoms with van der Waals surface area (Å²) in [5.74, 6) is 0.275. The quantitative estimate of drug-likeness (QED) is 0.765. The topological polar surface area (TPSA) is 41.6 Å². The van der Waals surface area contributed by atoms with Gasteiger partial charge in [0.1, 0.15) is 0 Å². The Morgan fingerprint density at radius 3 is 3.00 bits per heavy atom. The monoisotopic (exact) mass is 242 g/mol. The fraction of sp³-hybridized carbons (Fsp3) is 0.923. The van der Waals surface area contributed by atoms with Gasteiger partial charge in [-0.05, 0) is 32.7 Å². The van der Waals surface area contributed by atoms with E-state index in [4.69, 9.17) is 4.74 Å². The van der Waals surface area contributed by atoms with Crippen LogP contribution in [-0.2, 0) is 9.53 Å². The van der Waals surface area contributed by atoms with Gasteiger partial charge in [0.15, 0.2) is 0 Å². The van der Waals surface area contributed by atoms with Crippen molar-refractivity contribution in [2.24, 2.45) is 0 Å². The summed E-state index contributed by atoms with van der Waals surface area (Å²) in [6.45, 7) is 6.88. The lowest BCUT2D eigenvalue weighted by Crippen LogP contribution is -2.48. The molecule has 1 aliphatic rings. The highest BCUT2D eigenvalue weighted by Crippen LogP contribution is 2.12. The molecule has 0 radical (unpaired) electrons. The van der Waals surface area contributed by atoms with Gasteiger partial charge in [-0.1, -0.05) is 6.92 Å². The van der Waals surface area contributed by atoms with E-state index in [1.54, 1.807) is 7.11 Å². The number of likely N-dealkylation sites (N-methyl/N-ethyl adjacent to an activating group) is 1. The van der Waals surface area contributed by atoms with Crippen molar-refractivity contribution < 1.29 is 9.53 Å². The second-order valence-corrected chi connectivity index (χ2v) is 4.82. The Hall–Kier alpha value is -0.610. The molecule has 0 saturated carbocycles. The third-order valence-electron chi connectivity index (χ3n) is 3.43. The van der Waals surface area contributed by atoms with E-state index in [1.165, 1.54) is 6.42 Å². The number of amides is 1. The van der Waals surface area contributed by atoms with Gasteiger partial charge in [0.25, 0.3) is 0 Å². The normalized spacial score (nSPS) is 22.5. The van der Waals surface area contributed by atoms with E-state index < -0.39 is 0 Å². The first-order valence-electron chi connectivity index (χ1n) is 6.71. The van der Waals surface area contributed by atoms with Gasteiger partial charge in [-0.15, -0.1) is 0 Å². The largest absolute Gasteiger partial charge is 0.382 e. The molecule has 1 fully saturated rings. The van der Waals surface area contributed by atoms with Crippen molar-refractivity contribution >= 4 is 5.91 Å². The summed E-state index contributed by atoms with van der Waals surface area (Å²) in [5, 5.41) is 3.43. The van der Waals surface area contributed by atoms with E-state index >= 15 is 0 Å². The lowest BCUT2D eigenvalue weighted by molar-refractivity contribution is -0.133. The van der Waals surface area contributed by atoms with Crippen LogP contribution in [0.1, 0.15) is 39.5 Å². The molecule has 1 amide bonds. The summed E-state index contributed by atoms with van der Waals surface area (Å²) >= 11 is 0. The Morgan fingerprint density at radius 1 is 1.59 bits per heavy atom. The molecule has 4 heteroatoms. The van der Waals surface area contributed by atoms with Crippen LogP contribution >= 0.6 is 0 Å². The van der Waals surface area contributed by atoms with Gasteiger partial charge in [-0.3, -0.25) is 4.79 Å². The van der Waals surface area contributed by atoms with Gasteiger partial charge >= 0.3 is 0 Å².